The zero-order chi connectivity index (χ0) is 26.5. The topological polar surface area (TPSA) is 63.4 Å². The Morgan fingerprint density at radius 3 is 2.54 bits per heavy atom. The van der Waals surface area contributed by atoms with Crippen molar-refractivity contribution in [2.75, 3.05) is 6.54 Å². The summed E-state index contributed by atoms with van der Waals surface area (Å²) >= 11 is 12.2. The molecule has 0 radical (unpaired) electrons. The molecule has 0 amide bonds. The van der Waals surface area contributed by atoms with Crippen LogP contribution in [0.1, 0.15) is 74.7 Å². The van der Waals surface area contributed by atoms with Gasteiger partial charge in [0.2, 0.25) is 0 Å². The molecule has 4 rings (SSSR count). The van der Waals surface area contributed by atoms with Gasteiger partial charge in [-0.2, -0.15) is 0 Å². The van der Waals surface area contributed by atoms with Gasteiger partial charge in [-0.1, -0.05) is 67.4 Å². The maximum atomic E-state index is 14.0. The fourth-order valence-electron chi connectivity index (χ4n) is 6.48. The Morgan fingerprint density at radius 2 is 1.84 bits per heavy atom. The number of benzene rings is 2. The Labute approximate surface area is 231 Å². The molecule has 0 saturated carbocycles. The Kier molecular flexibility index (Phi) is 9.85. The minimum atomic E-state index is -0.0938. The van der Waals surface area contributed by atoms with Gasteiger partial charge in [0.15, 0.2) is 11.6 Å². The van der Waals surface area contributed by atoms with Crippen LogP contribution in [-0.2, 0) is 11.2 Å². The van der Waals surface area contributed by atoms with Crippen LogP contribution < -0.4 is 5.73 Å². The van der Waals surface area contributed by atoms with Gasteiger partial charge in [-0.25, -0.2) is 0 Å². The third-order valence-electron chi connectivity index (χ3n) is 8.28. The minimum Gasteiger partial charge on any atom is -0.326 e. The van der Waals surface area contributed by atoms with E-state index in [1.807, 2.05) is 0 Å². The summed E-state index contributed by atoms with van der Waals surface area (Å²) in [4.78, 5) is 29.4. The SMILES string of the molecule is CC(C)C[C@H](CCC(=O)c1ccc(Cl)c(Cl)c1)C1CCC(CCc2ccccc2)N2C[C@H](N)CC2C1=O. The summed E-state index contributed by atoms with van der Waals surface area (Å²) in [5, 5.41) is 0.838. The fraction of sp³-hybridized carbons (Fsp3) is 0.548. The number of fused-ring (bicyclic) bond motifs is 1. The van der Waals surface area contributed by atoms with Crippen LogP contribution in [0.5, 0.6) is 0 Å². The molecule has 0 bridgehead atoms. The van der Waals surface area contributed by atoms with Crippen molar-refractivity contribution in [1.82, 2.24) is 4.90 Å². The zero-order valence-electron chi connectivity index (χ0n) is 22.0. The van der Waals surface area contributed by atoms with Gasteiger partial charge < -0.3 is 5.73 Å². The fourth-order valence-corrected chi connectivity index (χ4v) is 6.78. The number of carbonyl (C=O) groups is 2. The summed E-state index contributed by atoms with van der Waals surface area (Å²) in [5.74, 6) is 1.02. The van der Waals surface area contributed by atoms with Crippen LogP contribution in [0.4, 0.5) is 0 Å². The number of hydrogen-bond donors (Lipinski definition) is 1. The van der Waals surface area contributed by atoms with E-state index >= 15 is 0 Å². The summed E-state index contributed by atoms with van der Waals surface area (Å²) in [6, 6.07) is 16.0. The van der Waals surface area contributed by atoms with Gasteiger partial charge >= 0.3 is 0 Å². The first kappa shape index (κ1) is 28.3. The second kappa shape index (κ2) is 12.9. The molecule has 2 aromatic rings. The van der Waals surface area contributed by atoms with Crippen LogP contribution in [0.15, 0.2) is 48.5 Å². The number of hydrogen-bond acceptors (Lipinski definition) is 4. The molecule has 0 spiro atoms. The van der Waals surface area contributed by atoms with Gasteiger partial charge in [0.1, 0.15) is 0 Å². The number of carbonyl (C=O) groups excluding carboxylic acids is 2. The summed E-state index contributed by atoms with van der Waals surface area (Å²) in [6.07, 6.45) is 6.74. The molecular weight excluding hydrogens is 503 g/mol. The first-order chi connectivity index (χ1) is 17.7. The maximum absolute atomic E-state index is 14.0. The number of ketones is 2. The van der Waals surface area contributed by atoms with Gasteiger partial charge in [-0.3, -0.25) is 14.5 Å². The summed E-state index contributed by atoms with van der Waals surface area (Å²) in [6.45, 7) is 5.21. The third kappa shape index (κ3) is 7.23. The Morgan fingerprint density at radius 1 is 1.08 bits per heavy atom. The number of nitrogens with two attached hydrogens (primary N) is 1. The number of rotatable bonds is 10. The third-order valence-corrected chi connectivity index (χ3v) is 9.02. The molecule has 2 fully saturated rings. The van der Waals surface area contributed by atoms with Crippen LogP contribution in [0, 0.1) is 17.8 Å². The van der Waals surface area contributed by atoms with Gasteiger partial charge in [-0.05, 0) is 80.5 Å². The Bertz CT molecular complexity index is 1070. The quantitative estimate of drug-likeness (QED) is 0.328. The van der Waals surface area contributed by atoms with E-state index in [0.29, 0.717) is 46.2 Å². The van der Waals surface area contributed by atoms with E-state index in [1.54, 1.807) is 18.2 Å². The largest absolute Gasteiger partial charge is 0.326 e. The van der Waals surface area contributed by atoms with Crippen LogP contribution in [-0.4, -0.2) is 41.1 Å². The average molecular weight is 544 g/mol. The predicted octanol–water partition coefficient (Wildman–Crippen LogP) is 7.00. The molecule has 2 N–H and O–H groups in total. The van der Waals surface area contributed by atoms with Crippen LogP contribution in [0.2, 0.25) is 10.0 Å². The molecule has 5 atom stereocenters. The summed E-state index contributed by atoms with van der Waals surface area (Å²) in [7, 11) is 0. The van der Waals surface area contributed by atoms with Crippen molar-refractivity contribution in [3.8, 4) is 0 Å². The van der Waals surface area contributed by atoms with Crippen molar-refractivity contribution < 1.29 is 9.59 Å². The lowest BCUT2D eigenvalue weighted by molar-refractivity contribution is -0.128. The van der Waals surface area contributed by atoms with Crippen molar-refractivity contribution in [3.63, 3.8) is 0 Å². The lowest BCUT2D eigenvalue weighted by atomic mass is 9.75. The molecular formula is C31H40Cl2N2O2. The first-order valence-electron chi connectivity index (χ1n) is 13.8. The highest BCUT2D eigenvalue weighted by Gasteiger charge is 2.45. The average Bonchev–Trinajstić information content (AvgIpc) is 3.21. The van der Waals surface area contributed by atoms with Crippen molar-refractivity contribution in [3.05, 3.63) is 69.7 Å². The molecule has 2 aliphatic rings. The van der Waals surface area contributed by atoms with Crippen LogP contribution >= 0.6 is 23.2 Å². The Hall–Kier alpha value is -1.72. The highest BCUT2D eigenvalue weighted by atomic mass is 35.5. The normalized spacial score (nSPS) is 25.2. The number of Topliss-reactive ketones (excluding diaryl/α,β-unsaturated/α-hetero) is 2. The van der Waals surface area contributed by atoms with Crippen LogP contribution in [0.25, 0.3) is 0 Å². The lowest BCUT2D eigenvalue weighted by Gasteiger charge is -2.31. The van der Waals surface area contributed by atoms with Crippen molar-refractivity contribution >= 4 is 34.8 Å². The maximum Gasteiger partial charge on any atom is 0.162 e. The second-order valence-corrected chi connectivity index (χ2v) is 12.3. The summed E-state index contributed by atoms with van der Waals surface area (Å²) in [5.41, 5.74) is 8.33. The lowest BCUT2D eigenvalue weighted by Crippen LogP contribution is -2.43. The van der Waals surface area contributed by atoms with Crippen molar-refractivity contribution in [1.29, 1.82) is 0 Å². The van der Waals surface area contributed by atoms with E-state index in [2.05, 4.69) is 49.1 Å². The molecule has 0 aromatic heterocycles. The molecule has 4 nitrogen and oxygen atoms in total. The molecule has 0 aliphatic carbocycles. The first-order valence-corrected chi connectivity index (χ1v) is 14.6. The number of nitrogens with zero attached hydrogens (tertiary/aromatic N) is 1. The number of aryl methyl sites for hydroxylation is 1. The second-order valence-electron chi connectivity index (χ2n) is 11.5. The van der Waals surface area contributed by atoms with Gasteiger partial charge in [0.25, 0.3) is 0 Å². The van der Waals surface area contributed by atoms with E-state index in [9.17, 15) is 9.59 Å². The molecule has 200 valence electrons. The van der Waals surface area contributed by atoms with Gasteiger partial charge in [-0.15, -0.1) is 0 Å². The van der Waals surface area contributed by atoms with E-state index in [0.717, 1.165) is 45.1 Å². The van der Waals surface area contributed by atoms with E-state index in [-0.39, 0.29) is 29.7 Å². The smallest absolute Gasteiger partial charge is 0.162 e. The monoisotopic (exact) mass is 542 g/mol. The molecule has 37 heavy (non-hydrogen) atoms. The molecule has 2 aromatic carbocycles. The Balaban J connectivity index is 1.48. The van der Waals surface area contributed by atoms with Crippen LogP contribution in [0.3, 0.4) is 0 Å². The summed E-state index contributed by atoms with van der Waals surface area (Å²) < 4.78 is 0. The zero-order valence-corrected chi connectivity index (χ0v) is 23.6. The standard InChI is InChI=1S/C31H40Cl2N2O2/c1-20(2)16-22(10-15-30(36)23-9-14-27(32)28(33)17-23)26-13-12-25(11-8-21-6-4-3-5-7-21)35-19-24(34)18-29(35)31(26)37/h3-7,9,14,17,20,22,24-26,29H,8,10-13,15-16,18-19,34H2,1-2H3/t22-,24+,25?,26?,29?/m0/s1. The molecule has 2 saturated heterocycles. The highest BCUT2D eigenvalue weighted by Crippen LogP contribution is 2.39. The van der Waals surface area contributed by atoms with Gasteiger partial charge in [0, 0.05) is 36.5 Å². The minimum absolute atomic E-state index is 0.0245. The molecule has 3 unspecified atom stereocenters. The van der Waals surface area contributed by atoms with Gasteiger partial charge in [0.05, 0.1) is 16.1 Å². The molecule has 6 heteroatoms. The molecule has 2 aliphatic heterocycles. The van der Waals surface area contributed by atoms with Crippen molar-refractivity contribution in [2.24, 2.45) is 23.5 Å². The predicted molar refractivity (Wildman–Crippen MR) is 152 cm³/mol. The van der Waals surface area contributed by atoms with E-state index in [1.165, 1.54) is 5.56 Å². The van der Waals surface area contributed by atoms with E-state index < -0.39 is 0 Å². The highest BCUT2D eigenvalue weighted by molar-refractivity contribution is 6.42. The van der Waals surface area contributed by atoms with Crippen molar-refractivity contribution in [2.45, 2.75) is 83.3 Å². The van der Waals surface area contributed by atoms with E-state index in [4.69, 9.17) is 28.9 Å². The number of halogens is 2. The molecule has 2 heterocycles.